The normalized spacial score (nSPS) is 19.8. The van der Waals surface area contributed by atoms with E-state index in [2.05, 4.69) is 10.6 Å². The highest BCUT2D eigenvalue weighted by Crippen LogP contribution is 2.17. The van der Waals surface area contributed by atoms with Gasteiger partial charge in [-0.1, -0.05) is 6.07 Å². The first-order valence-electron chi connectivity index (χ1n) is 5.47. The van der Waals surface area contributed by atoms with Crippen LogP contribution in [0.15, 0.2) is 18.2 Å². The van der Waals surface area contributed by atoms with Gasteiger partial charge in [0.2, 0.25) is 5.91 Å². The van der Waals surface area contributed by atoms with Crippen molar-refractivity contribution in [2.45, 2.75) is 25.8 Å². The lowest BCUT2D eigenvalue weighted by Crippen LogP contribution is -2.35. The molecule has 86 valence electrons. The minimum absolute atomic E-state index is 0.0776. The minimum atomic E-state index is -0.333. The summed E-state index contributed by atoms with van der Waals surface area (Å²) in [5, 5.41) is 5.86. The van der Waals surface area contributed by atoms with Gasteiger partial charge in [-0.15, -0.1) is 0 Å². The van der Waals surface area contributed by atoms with E-state index in [1.807, 2.05) is 6.92 Å². The lowest BCUT2D eigenvalue weighted by molar-refractivity contribution is -0.117. The van der Waals surface area contributed by atoms with Crippen molar-refractivity contribution in [1.29, 1.82) is 0 Å². The number of hydrogen-bond donors (Lipinski definition) is 2. The van der Waals surface area contributed by atoms with Gasteiger partial charge in [0.05, 0.1) is 6.04 Å². The van der Waals surface area contributed by atoms with Gasteiger partial charge < -0.3 is 10.6 Å². The molecule has 0 radical (unpaired) electrons. The fourth-order valence-corrected chi connectivity index (χ4v) is 1.86. The molecule has 0 aliphatic carbocycles. The number of carbonyl (C=O) groups is 1. The maximum atomic E-state index is 13.0. The van der Waals surface area contributed by atoms with Crippen molar-refractivity contribution in [3.8, 4) is 0 Å². The van der Waals surface area contributed by atoms with Gasteiger partial charge in [-0.05, 0) is 44.0 Å². The molecule has 16 heavy (non-hydrogen) atoms. The van der Waals surface area contributed by atoms with Crippen LogP contribution >= 0.6 is 0 Å². The summed E-state index contributed by atoms with van der Waals surface area (Å²) in [5.74, 6) is -0.411. The van der Waals surface area contributed by atoms with Crippen LogP contribution in [-0.4, -0.2) is 18.5 Å². The van der Waals surface area contributed by atoms with Gasteiger partial charge in [0, 0.05) is 5.69 Å². The summed E-state index contributed by atoms with van der Waals surface area (Å²) in [4.78, 5) is 11.8. The van der Waals surface area contributed by atoms with Crippen LogP contribution in [0.2, 0.25) is 0 Å². The van der Waals surface area contributed by atoms with Crippen LogP contribution in [0.1, 0.15) is 18.4 Å². The van der Waals surface area contributed by atoms with Crippen LogP contribution in [0.3, 0.4) is 0 Å². The summed E-state index contributed by atoms with van der Waals surface area (Å²) >= 11 is 0. The molecule has 1 aliphatic rings. The standard InChI is InChI=1S/C12H15FN2O/c1-8-4-5-9(13)7-11(8)15-12(16)10-3-2-6-14-10/h4-5,7,10,14H,2-3,6H2,1H3,(H,15,16)/t10-/m0/s1. The molecule has 3 nitrogen and oxygen atoms in total. The average Bonchev–Trinajstić information content (AvgIpc) is 2.76. The van der Waals surface area contributed by atoms with Crippen LogP contribution in [0, 0.1) is 12.7 Å². The number of nitrogens with one attached hydrogen (secondary N) is 2. The van der Waals surface area contributed by atoms with Gasteiger partial charge in [-0.25, -0.2) is 4.39 Å². The Balaban J connectivity index is 2.07. The molecule has 2 N–H and O–H groups in total. The van der Waals surface area contributed by atoms with Crippen molar-refractivity contribution < 1.29 is 9.18 Å². The van der Waals surface area contributed by atoms with Gasteiger partial charge >= 0.3 is 0 Å². The van der Waals surface area contributed by atoms with Gasteiger partial charge in [0.25, 0.3) is 0 Å². The van der Waals surface area contributed by atoms with Crippen LogP contribution < -0.4 is 10.6 Å². The van der Waals surface area contributed by atoms with E-state index in [0.717, 1.165) is 24.9 Å². The molecule has 0 saturated carbocycles. The first kappa shape index (κ1) is 11.1. The summed E-state index contributed by atoms with van der Waals surface area (Å²) < 4.78 is 13.0. The summed E-state index contributed by atoms with van der Waals surface area (Å²) in [6.45, 7) is 2.72. The fraction of sp³-hybridized carbons (Fsp3) is 0.417. The van der Waals surface area contributed by atoms with E-state index in [1.165, 1.54) is 12.1 Å². The molecular formula is C12H15FN2O. The third-order valence-corrected chi connectivity index (χ3v) is 2.83. The van der Waals surface area contributed by atoms with E-state index in [1.54, 1.807) is 6.07 Å². The monoisotopic (exact) mass is 222 g/mol. The van der Waals surface area contributed by atoms with Crippen molar-refractivity contribution in [3.05, 3.63) is 29.6 Å². The molecule has 1 aliphatic heterocycles. The largest absolute Gasteiger partial charge is 0.324 e. The number of halogens is 1. The van der Waals surface area contributed by atoms with E-state index in [-0.39, 0.29) is 17.8 Å². The van der Waals surface area contributed by atoms with Crippen molar-refractivity contribution >= 4 is 11.6 Å². The van der Waals surface area contributed by atoms with Crippen molar-refractivity contribution in [3.63, 3.8) is 0 Å². The van der Waals surface area contributed by atoms with Gasteiger partial charge in [0.1, 0.15) is 5.82 Å². The number of rotatable bonds is 2. The maximum Gasteiger partial charge on any atom is 0.241 e. The molecule has 1 fully saturated rings. The lowest BCUT2D eigenvalue weighted by Gasteiger charge is -2.12. The Kier molecular flexibility index (Phi) is 3.19. The van der Waals surface area contributed by atoms with Crippen LogP contribution in [0.4, 0.5) is 10.1 Å². The summed E-state index contributed by atoms with van der Waals surface area (Å²) in [5.41, 5.74) is 1.42. The third kappa shape index (κ3) is 2.39. The number of amides is 1. The van der Waals surface area contributed by atoms with E-state index in [4.69, 9.17) is 0 Å². The Morgan fingerprint density at radius 1 is 1.56 bits per heavy atom. The van der Waals surface area contributed by atoms with Crippen molar-refractivity contribution in [1.82, 2.24) is 5.32 Å². The smallest absolute Gasteiger partial charge is 0.241 e. The Labute approximate surface area is 94.0 Å². The number of hydrogen-bond acceptors (Lipinski definition) is 2. The Bertz CT molecular complexity index is 400. The van der Waals surface area contributed by atoms with Gasteiger partial charge in [-0.3, -0.25) is 4.79 Å². The summed E-state index contributed by atoms with van der Waals surface area (Å²) in [7, 11) is 0. The van der Waals surface area contributed by atoms with E-state index in [9.17, 15) is 9.18 Å². The van der Waals surface area contributed by atoms with Crippen LogP contribution in [0.5, 0.6) is 0 Å². The Hall–Kier alpha value is -1.42. The zero-order valence-electron chi connectivity index (χ0n) is 9.22. The van der Waals surface area contributed by atoms with E-state index < -0.39 is 0 Å². The molecule has 1 aromatic rings. The van der Waals surface area contributed by atoms with E-state index >= 15 is 0 Å². The van der Waals surface area contributed by atoms with Crippen LogP contribution in [0.25, 0.3) is 0 Å². The molecule has 1 amide bonds. The van der Waals surface area contributed by atoms with Gasteiger partial charge in [0.15, 0.2) is 0 Å². The predicted molar refractivity (Wildman–Crippen MR) is 60.8 cm³/mol. The quantitative estimate of drug-likeness (QED) is 0.801. The molecular weight excluding hydrogens is 207 g/mol. The number of carbonyl (C=O) groups excluding carboxylic acids is 1. The highest BCUT2D eigenvalue weighted by molar-refractivity contribution is 5.95. The lowest BCUT2D eigenvalue weighted by atomic mass is 10.1. The minimum Gasteiger partial charge on any atom is -0.324 e. The zero-order chi connectivity index (χ0) is 11.5. The average molecular weight is 222 g/mol. The molecule has 1 atom stereocenters. The second-order valence-electron chi connectivity index (χ2n) is 4.10. The predicted octanol–water partition coefficient (Wildman–Crippen LogP) is 1.82. The molecule has 1 heterocycles. The van der Waals surface area contributed by atoms with Gasteiger partial charge in [-0.2, -0.15) is 0 Å². The molecule has 0 spiro atoms. The zero-order valence-corrected chi connectivity index (χ0v) is 9.22. The first-order chi connectivity index (χ1) is 7.66. The summed E-state index contributed by atoms with van der Waals surface area (Å²) in [6, 6.07) is 4.26. The topological polar surface area (TPSA) is 41.1 Å². The maximum absolute atomic E-state index is 13.0. The first-order valence-corrected chi connectivity index (χ1v) is 5.47. The Morgan fingerprint density at radius 3 is 3.06 bits per heavy atom. The second kappa shape index (κ2) is 4.61. The second-order valence-corrected chi connectivity index (χ2v) is 4.10. The molecule has 0 aromatic heterocycles. The molecule has 4 heteroatoms. The highest BCUT2D eigenvalue weighted by Gasteiger charge is 2.22. The summed E-state index contributed by atoms with van der Waals surface area (Å²) in [6.07, 6.45) is 1.86. The molecule has 1 saturated heterocycles. The molecule has 1 aromatic carbocycles. The third-order valence-electron chi connectivity index (χ3n) is 2.83. The van der Waals surface area contributed by atoms with Crippen molar-refractivity contribution in [2.24, 2.45) is 0 Å². The molecule has 0 unspecified atom stereocenters. The van der Waals surface area contributed by atoms with Crippen molar-refractivity contribution in [2.75, 3.05) is 11.9 Å². The van der Waals surface area contributed by atoms with E-state index in [0.29, 0.717) is 5.69 Å². The molecule has 0 bridgehead atoms. The number of aryl methyl sites for hydroxylation is 1. The Morgan fingerprint density at radius 2 is 2.38 bits per heavy atom. The highest BCUT2D eigenvalue weighted by atomic mass is 19.1. The molecule has 2 rings (SSSR count). The fourth-order valence-electron chi connectivity index (χ4n) is 1.86. The number of anilines is 1. The van der Waals surface area contributed by atoms with Crippen LogP contribution in [-0.2, 0) is 4.79 Å². The SMILES string of the molecule is Cc1ccc(F)cc1NC(=O)[C@@H]1CCCN1. The number of benzene rings is 1.